The van der Waals surface area contributed by atoms with Crippen LogP contribution in [0.15, 0.2) is 54.6 Å². The van der Waals surface area contributed by atoms with Gasteiger partial charge in [-0.3, -0.25) is 4.79 Å². The molecule has 0 unspecified atom stereocenters. The number of halogens is 2. The minimum Gasteiger partial charge on any atom is -0.322 e. The summed E-state index contributed by atoms with van der Waals surface area (Å²) in [7, 11) is 0. The summed E-state index contributed by atoms with van der Waals surface area (Å²) in [5, 5.41) is 6.01. The maximum atomic E-state index is 13.8. The first kappa shape index (κ1) is 16.9. The number of hydrogen-bond acceptors (Lipinski definition) is 4. The van der Waals surface area contributed by atoms with Crippen LogP contribution in [0.25, 0.3) is 0 Å². The number of carbonyl (C=O) groups is 1. The number of aryl methyl sites for hydroxylation is 1. The summed E-state index contributed by atoms with van der Waals surface area (Å²) in [5.41, 5.74) is 1.52. The molecule has 0 saturated heterocycles. The van der Waals surface area contributed by atoms with E-state index in [0.717, 1.165) is 0 Å². The Morgan fingerprint density at radius 3 is 2.64 bits per heavy atom. The second-order valence-electron chi connectivity index (χ2n) is 5.29. The molecular weight excluding hydrogens is 343 g/mol. The van der Waals surface area contributed by atoms with Crippen LogP contribution in [-0.2, 0) is 0 Å². The number of nitrogens with zero attached hydrogens (tertiary/aromatic N) is 2. The van der Waals surface area contributed by atoms with E-state index in [4.69, 9.17) is 11.6 Å². The van der Waals surface area contributed by atoms with Gasteiger partial charge in [-0.15, -0.1) is 0 Å². The number of benzene rings is 2. The molecule has 5 nitrogen and oxygen atoms in total. The predicted octanol–water partition coefficient (Wildman–Crippen LogP) is 4.57. The van der Waals surface area contributed by atoms with Crippen LogP contribution in [0.2, 0.25) is 5.02 Å². The van der Waals surface area contributed by atoms with Crippen molar-refractivity contribution < 1.29 is 9.18 Å². The molecule has 0 saturated carbocycles. The van der Waals surface area contributed by atoms with E-state index in [1.54, 1.807) is 55.5 Å². The monoisotopic (exact) mass is 356 g/mol. The molecule has 25 heavy (non-hydrogen) atoms. The predicted molar refractivity (Wildman–Crippen MR) is 95.9 cm³/mol. The van der Waals surface area contributed by atoms with Crippen molar-refractivity contribution in [3.8, 4) is 0 Å². The lowest BCUT2D eigenvalue weighted by atomic mass is 10.3. The number of carbonyl (C=O) groups excluding carboxylic acids is 1. The van der Waals surface area contributed by atoms with Gasteiger partial charge in [0.2, 0.25) is 5.95 Å². The van der Waals surface area contributed by atoms with Gasteiger partial charge in [-0.05, 0) is 43.3 Å². The SMILES string of the molecule is Cc1cc(C(=O)Nc2cccc(Cl)c2)nc(Nc2ccccc2F)n1. The third kappa shape index (κ3) is 4.30. The molecule has 0 aliphatic rings. The number of anilines is 3. The van der Waals surface area contributed by atoms with Gasteiger partial charge in [-0.1, -0.05) is 29.8 Å². The van der Waals surface area contributed by atoms with Gasteiger partial charge >= 0.3 is 0 Å². The molecule has 2 aromatic carbocycles. The molecule has 2 N–H and O–H groups in total. The zero-order valence-electron chi connectivity index (χ0n) is 13.3. The van der Waals surface area contributed by atoms with Gasteiger partial charge in [0.05, 0.1) is 5.69 Å². The summed E-state index contributed by atoms with van der Waals surface area (Å²) < 4.78 is 13.8. The summed E-state index contributed by atoms with van der Waals surface area (Å²) in [6.45, 7) is 1.73. The molecule has 3 rings (SSSR count). The van der Waals surface area contributed by atoms with Gasteiger partial charge in [0.1, 0.15) is 11.5 Å². The minimum absolute atomic E-state index is 0.140. The molecule has 3 aromatic rings. The molecule has 0 spiro atoms. The summed E-state index contributed by atoms with van der Waals surface area (Å²) in [4.78, 5) is 20.7. The summed E-state index contributed by atoms with van der Waals surface area (Å²) in [6.07, 6.45) is 0. The normalized spacial score (nSPS) is 10.4. The van der Waals surface area contributed by atoms with E-state index in [1.165, 1.54) is 6.07 Å². The van der Waals surface area contributed by atoms with Crippen molar-refractivity contribution in [2.24, 2.45) is 0 Å². The van der Waals surface area contributed by atoms with Crippen molar-refractivity contribution in [1.82, 2.24) is 9.97 Å². The Bertz CT molecular complexity index is 932. The molecule has 0 fully saturated rings. The Kier molecular flexibility index (Phi) is 4.90. The largest absolute Gasteiger partial charge is 0.322 e. The molecule has 1 amide bonds. The first-order valence-corrected chi connectivity index (χ1v) is 7.83. The topological polar surface area (TPSA) is 66.9 Å². The highest BCUT2D eigenvalue weighted by Gasteiger charge is 2.12. The smallest absolute Gasteiger partial charge is 0.274 e. The van der Waals surface area contributed by atoms with E-state index in [1.807, 2.05) is 0 Å². The Labute approximate surface area is 148 Å². The molecule has 0 radical (unpaired) electrons. The molecule has 126 valence electrons. The lowest BCUT2D eigenvalue weighted by Crippen LogP contribution is -2.15. The van der Waals surface area contributed by atoms with Crippen molar-refractivity contribution >= 4 is 34.8 Å². The van der Waals surface area contributed by atoms with E-state index < -0.39 is 11.7 Å². The van der Waals surface area contributed by atoms with Crippen LogP contribution in [0.3, 0.4) is 0 Å². The van der Waals surface area contributed by atoms with Crippen LogP contribution in [0, 0.1) is 12.7 Å². The van der Waals surface area contributed by atoms with Crippen molar-refractivity contribution in [3.63, 3.8) is 0 Å². The van der Waals surface area contributed by atoms with Gasteiger partial charge in [0.15, 0.2) is 0 Å². The van der Waals surface area contributed by atoms with Crippen molar-refractivity contribution in [1.29, 1.82) is 0 Å². The number of rotatable bonds is 4. The highest BCUT2D eigenvalue weighted by molar-refractivity contribution is 6.30. The van der Waals surface area contributed by atoms with Crippen LogP contribution in [0.1, 0.15) is 16.2 Å². The van der Waals surface area contributed by atoms with Gasteiger partial charge in [0.25, 0.3) is 5.91 Å². The third-order valence-electron chi connectivity index (χ3n) is 3.29. The molecule has 7 heteroatoms. The summed E-state index contributed by atoms with van der Waals surface area (Å²) in [6, 6.07) is 14.5. The van der Waals surface area contributed by atoms with Gasteiger partial charge < -0.3 is 10.6 Å². The maximum absolute atomic E-state index is 13.8. The fourth-order valence-corrected chi connectivity index (χ4v) is 2.38. The van der Waals surface area contributed by atoms with Crippen molar-refractivity contribution in [2.75, 3.05) is 10.6 Å². The standard InChI is InChI=1S/C18H14ClFN4O/c1-11-9-16(17(25)22-13-6-4-5-12(19)10-13)24-18(21-11)23-15-8-3-2-7-14(15)20/h2-10H,1H3,(H,22,25)(H,21,23,24). The second kappa shape index (κ2) is 7.27. The number of para-hydroxylation sites is 1. The molecule has 0 aliphatic carbocycles. The first-order valence-electron chi connectivity index (χ1n) is 7.45. The second-order valence-corrected chi connectivity index (χ2v) is 5.72. The van der Waals surface area contributed by atoms with Gasteiger partial charge in [0, 0.05) is 16.4 Å². The Balaban J connectivity index is 1.83. The van der Waals surface area contributed by atoms with Crippen LogP contribution < -0.4 is 10.6 Å². The molecule has 0 aliphatic heterocycles. The highest BCUT2D eigenvalue weighted by atomic mass is 35.5. The first-order chi connectivity index (χ1) is 12.0. The average Bonchev–Trinajstić information content (AvgIpc) is 2.56. The Morgan fingerprint density at radius 1 is 1.08 bits per heavy atom. The van der Waals surface area contributed by atoms with Crippen LogP contribution in [0.5, 0.6) is 0 Å². The Morgan fingerprint density at radius 2 is 1.88 bits per heavy atom. The van der Waals surface area contributed by atoms with E-state index >= 15 is 0 Å². The zero-order chi connectivity index (χ0) is 17.8. The van der Waals surface area contributed by atoms with Crippen molar-refractivity contribution in [3.05, 3.63) is 76.8 Å². The molecule has 1 aromatic heterocycles. The zero-order valence-corrected chi connectivity index (χ0v) is 14.0. The number of nitrogens with one attached hydrogen (secondary N) is 2. The fourth-order valence-electron chi connectivity index (χ4n) is 2.19. The number of aromatic nitrogens is 2. The van der Waals surface area contributed by atoms with Crippen molar-refractivity contribution in [2.45, 2.75) is 6.92 Å². The van der Waals surface area contributed by atoms with Gasteiger partial charge in [-0.25, -0.2) is 14.4 Å². The average molecular weight is 357 g/mol. The number of amides is 1. The lowest BCUT2D eigenvalue weighted by Gasteiger charge is -2.09. The Hall–Kier alpha value is -2.99. The van der Waals surface area contributed by atoms with Crippen LogP contribution in [0.4, 0.5) is 21.7 Å². The van der Waals surface area contributed by atoms with Gasteiger partial charge in [-0.2, -0.15) is 0 Å². The summed E-state index contributed by atoms with van der Waals surface area (Å²) in [5.74, 6) is -0.705. The number of hydrogen-bond donors (Lipinski definition) is 2. The minimum atomic E-state index is -0.433. The van der Waals surface area contributed by atoms with Crippen LogP contribution >= 0.6 is 11.6 Å². The molecule has 1 heterocycles. The fraction of sp³-hybridized carbons (Fsp3) is 0.0556. The molecule has 0 bridgehead atoms. The molecular formula is C18H14ClFN4O. The summed E-state index contributed by atoms with van der Waals surface area (Å²) >= 11 is 5.91. The maximum Gasteiger partial charge on any atom is 0.274 e. The van der Waals surface area contributed by atoms with E-state index in [-0.39, 0.29) is 17.3 Å². The molecule has 0 atom stereocenters. The van der Waals surface area contributed by atoms with E-state index in [9.17, 15) is 9.18 Å². The van der Waals surface area contributed by atoms with Crippen LogP contribution in [-0.4, -0.2) is 15.9 Å². The van der Waals surface area contributed by atoms with E-state index in [0.29, 0.717) is 16.4 Å². The lowest BCUT2D eigenvalue weighted by molar-refractivity contribution is 0.102. The highest BCUT2D eigenvalue weighted by Crippen LogP contribution is 2.19. The van der Waals surface area contributed by atoms with E-state index in [2.05, 4.69) is 20.6 Å². The quantitative estimate of drug-likeness (QED) is 0.718. The third-order valence-corrected chi connectivity index (χ3v) is 3.52.